The summed E-state index contributed by atoms with van der Waals surface area (Å²) in [7, 11) is 2.24. The predicted molar refractivity (Wildman–Crippen MR) is 132 cm³/mol. The Hall–Kier alpha value is -0.650. The Morgan fingerprint density at radius 1 is 1.07 bits per heavy atom. The van der Waals surface area contributed by atoms with Crippen LogP contribution in [0.5, 0.6) is 0 Å². The summed E-state index contributed by atoms with van der Waals surface area (Å²) in [6, 6.07) is 0.750. The van der Waals surface area contributed by atoms with Crippen LogP contribution in [0, 0.1) is 0 Å². The Bertz CT molecular complexity index is 530. The van der Waals surface area contributed by atoms with Crippen molar-refractivity contribution in [3.63, 3.8) is 0 Å². The summed E-state index contributed by atoms with van der Waals surface area (Å²) in [5, 5.41) is 3.45. The standard InChI is InChI=1S/C21H40N6O2.HI/c1-3-22-21(23-8-9-24(2)19-6-4-5-7-19)27-12-10-25(11-13-27)18-20(28)26-14-16-29-17-15-26;/h19H,3-18H2,1-2H3,(H,22,23);1H. The van der Waals surface area contributed by atoms with Crippen molar-refractivity contribution >= 4 is 35.8 Å². The summed E-state index contributed by atoms with van der Waals surface area (Å²) in [5.41, 5.74) is 0. The molecule has 2 heterocycles. The first-order valence-electron chi connectivity index (χ1n) is 11.5. The van der Waals surface area contributed by atoms with Crippen LogP contribution in [0.2, 0.25) is 0 Å². The lowest BCUT2D eigenvalue weighted by atomic mass is 10.2. The number of amides is 1. The third-order valence-corrected chi connectivity index (χ3v) is 6.39. The molecule has 9 heteroatoms. The highest BCUT2D eigenvalue weighted by atomic mass is 127. The SMILES string of the molecule is CCNC(=NCCN(C)C1CCCC1)N1CCN(CC(=O)N2CCOCC2)CC1.I. The van der Waals surface area contributed by atoms with Gasteiger partial charge in [0.05, 0.1) is 26.3 Å². The highest BCUT2D eigenvalue weighted by Gasteiger charge is 2.24. The molecule has 0 spiro atoms. The van der Waals surface area contributed by atoms with Crippen LogP contribution in [0.15, 0.2) is 4.99 Å². The number of carbonyl (C=O) groups is 1. The molecule has 1 N–H and O–H groups in total. The fourth-order valence-corrected chi connectivity index (χ4v) is 4.49. The Labute approximate surface area is 199 Å². The first kappa shape index (κ1) is 25.6. The first-order chi connectivity index (χ1) is 14.2. The number of carbonyl (C=O) groups excluding carboxylic acids is 1. The second kappa shape index (κ2) is 13.7. The van der Waals surface area contributed by atoms with Crippen LogP contribution in [-0.4, -0.2) is 123 Å². The lowest BCUT2D eigenvalue weighted by Gasteiger charge is -2.37. The van der Waals surface area contributed by atoms with E-state index < -0.39 is 0 Å². The summed E-state index contributed by atoms with van der Waals surface area (Å²) in [6.45, 7) is 11.8. The van der Waals surface area contributed by atoms with E-state index in [1.54, 1.807) is 0 Å². The number of guanidine groups is 1. The van der Waals surface area contributed by atoms with E-state index >= 15 is 0 Å². The van der Waals surface area contributed by atoms with Crippen LogP contribution in [0.3, 0.4) is 0 Å². The van der Waals surface area contributed by atoms with Crippen molar-refractivity contribution in [2.75, 3.05) is 85.7 Å². The number of rotatable bonds is 7. The van der Waals surface area contributed by atoms with Gasteiger partial charge in [-0.3, -0.25) is 14.7 Å². The zero-order valence-electron chi connectivity index (χ0n) is 18.9. The van der Waals surface area contributed by atoms with Crippen molar-refractivity contribution in [1.29, 1.82) is 0 Å². The molecule has 174 valence electrons. The van der Waals surface area contributed by atoms with Gasteiger partial charge in [-0.05, 0) is 26.8 Å². The predicted octanol–water partition coefficient (Wildman–Crippen LogP) is 0.921. The van der Waals surface area contributed by atoms with Gasteiger partial charge < -0.3 is 24.8 Å². The number of halogens is 1. The maximum Gasteiger partial charge on any atom is 0.236 e. The van der Waals surface area contributed by atoms with E-state index in [0.29, 0.717) is 19.8 Å². The minimum absolute atomic E-state index is 0. The van der Waals surface area contributed by atoms with Gasteiger partial charge in [-0.1, -0.05) is 12.8 Å². The Kier molecular flexibility index (Phi) is 11.7. The molecule has 2 aliphatic heterocycles. The monoisotopic (exact) mass is 536 g/mol. The van der Waals surface area contributed by atoms with Crippen molar-refractivity contribution < 1.29 is 9.53 Å². The molecule has 0 aromatic carbocycles. The highest BCUT2D eigenvalue weighted by molar-refractivity contribution is 14.0. The van der Waals surface area contributed by atoms with Gasteiger partial charge in [-0.25, -0.2) is 0 Å². The Balaban J connectivity index is 0.00000320. The molecular formula is C21H41IN6O2. The lowest BCUT2D eigenvalue weighted by Crippen LogP contribution is -2.55. The van der Waals surface area contributed by atoms with E-state index in [4.69, 9.17) is 9.73 Å². The molecule has 0 bridgehead atoms. The average Bonchev–Trinajstić information content (AvgIpc) is 3.29. The minimum atomic E-state index is 0. The van der Waals surface area contributed by atoms with Crippen LogP contribution in [0.4, 0.5) is 0 Å². The first-order valence-corrected chi connectivity index (χ1v) is 11.5. The second-order valence-corrected chi connectivity index (χ2v) is 8.41. The van der Waals surface area contributed by atoms with Crippen LogP contribution in [0.1, 0.15) is 32.6 Å². The van der Waals surface area contributed by atoms with Gasteiger partial charge in [0.1, 0.15) is 0 Å². The highest BCUT2D eigenvalue weighted by Crippen LogP contribution is 2.21. The molecular weight excluding hydrogens is 495 g/mol. The normalized spacial score (nSPS) is 21.8. The molecule has 0 unspecified atom stereocenters. The van der Waals surface area contributed by atoms with Gasteiger partial charge in [0, 0.05) is 58.4 Å². The third-order valence-electron chi connectivity index (χ3n) is 6.39. The fraction of sp³-hybridized carbons (Fsp3) is 0.905. The summed E-state index contributed by atoms with van der Waals surface area (Å²) < 4.78 is 5.34. The van der Waals surface area contributed by atoms with Crippen molar-refractivity contribution in [2.24, 2.45) is 4.99 Å². The average molecular weight is 537 g/mol. The maximum absolute atomic E-state index is 12.5. The molecule has 3 aliphatic rings. The van der Waals surface area contributed by atoms with Crippen LogP contribution >= 0.6 is 24.0 Å². The zero-order valence-corrected chi connectivity index (χ0v) is 21.2. The molecule has 0 aromatic heterocycles. The molecule has 1 aliphatic carbocycles. The van der Waals surface area contributed by atoms with E-state index in [9.17, 15) is 4.79 Å². The number of hydrogen-bond acceptors (Lipinski definition) is 5. The maximum atomic E-state index is 12.5. The van der Waals surface area contributed by atoms with Crippen molar-refractivity contribution in [3.05, 3.63) is 0 Å². The largest absolute Gasteiger partial charge is 0.378 e. The molecule has 30 heavy (non-hydrogen) atoms. The van der Waals surface area contributed by atoms with Gasteiger partial charge in [-0.15, -0.1) is 24.0 Å². The Morgan fingerprint density at radius 3 is 2.37 bits per heavy atom. The summed E-state index contributed by atoms with van der Waals surface area (Å²) >= 11 is 0. The quantitative estimate of drug-likeness (QED) is 0.297. The third kappa shape index (κ3) is 7.80. The summed E-state index contributed by atoms with van der Waals surface area (Å²) in [4.78, 5) is 26.4. The van der Waals surface area contributed by atoms with E-state index in [2.05, 4.69) is 34.0 Å². The van der Waals surface area contributed by atoms with E-state index in [0.717, 1.165) is 70.9 Å². The van der Waals surface area contributed by atoms with Gasteiger partial charge in [0.25, 0.3) is 0 Å². The molecule has 0 aromatic rings. The number of aliphatic imine (C=N–C) groups is 1. The van der Waals surface area contributed by atoms with E-state index in [1.807, 2.05) is 4.90 Å². The molecule has 2 saturated heterocycles. The minimum Gasteiger partial charge on any atom is -0.378 e. The molecule has 0 radical (unpaired) electrons. The smallest absolute Gasteiger partial charge is 0.236 e. The number of morpholine rings is 1. The molecule has 0 atom stereocenters. The molecule has 1 amide bonds. The number of piperazine rings is 1. The van der Waals surface area contributed by atoms with Gasteiger partial charge in [0.15, 0.2) is 5.96 Å². The lowest BCUT2D eigenvalue weighted by molar-refractivity contribution is -0.136. The van der Waals surface area contributed by atoms with Gasteiger partial charge >= 0.3 is 0 Å². The Morgan fingerprint density at radius 2 is 1.73 bits per heavy atom. The van der Waals surface area contributed by atoms with Crippen LogP contribution in [0.25, 0.3) is 0 Å². The van der Waals surface area contributed by atoms with Gasteiger partial charge in [-0.2, -0.15) is 0 Å². The topological polar surface area (TPSA) is 63.7 Å². The number of nitrogens with zero attached hydrogens (tertiary/aromatic N) is 5. The molecule has 8 nitrogen and oxygen atoms in total. The number of ether oxygens (including phenoxy) is 1. The summed E-state index contributed by atoms with van der Waals surface area (Å²) in [6.07, 6.45) is 5.43. The second-order valence-electron chi connectivity index (χ2n) is 8.41. The summed E-state index contributed by atoms with van der Waals surface area (Å²) in [5.74, 6) is 1.25. The van der Waals surface area contributed by atoms with Crippen LogP contribution in [-0.2, 0) is 9.53 Å². The fourth-order valence-electron chi connectivity index (χ4n) is 4.49. The van der Waals surface area contributed by atoms with Gasteiger partial charge in [0.2, 0.25) is 5.91 Å². The van der Waals surface area contributed by atoms with E-state index in [1.165, 1.54) is 25.7 Å². The van der Waals surface area contributed by atoms with Crippen LogP contribution < -0.4 is 5.32 Å². The molecule has 1 saturated carbocycles. The number of nitrogens with one attached hydrogen (secondary N) is 1. The molecule has 3 rings (SSSR count). The van der Waals surface area contributed by atoms with Crippen molar-refractivity contribution in [2.45, 2.75) is 38.6 Å². The number of hydrogen-bond donors (Lipinski definition) is 1. The zero-order chi connectivity index (χ0) is 20.5. The van der Waals surface area contributed by atoms with E-state index in [-0.39, 0.29) is 29.9 Å². The number of likely N-dealkylation sites (N-methyl/N-ethyl adjacent to an activating group) is 1. The molecule has 3 fully saturated rings. The van der Waals surface area contributed by atoms with Crippen molar-refractivity contribution in [1.82, 2.24) is 24.9 Å². The van der Waals surface area contributed by atoms with Crippen molar-refractivity contribution in [3.8, 4) is 0 Å².